The van der Waals surface area contributed by atoms with Gasteiger partial charge >= 0.3 is 0 Å². The second-order valence-electron chi connectivity index (χ2n) is 14.6. The molecular formula is C62H40N6. The lowest BCUT2D eigenvalue weighted by Crippen LogP contribution is -2.27. The van der Waals surface area contributed by atoms with E-state index < -0.39 is 320 Å². The summed E-state index contributed by atoms with van der Waals surface area (Å²) in [6, 6.07) is -29.2. The molecule has 0 aliphatic heterocycles. The first kappa shape index (κ1) is 17.3. The van der Waals surface area contributed by atoms with Crippen LogP contribution in [0.25, 0.3) is 90.6 Å². The topological polar surface area (TPSA) is 77.3 Å². The van der Waals surface area contributed by atoms with Gasteiger partial charge in [-0.15, -0.1) is 0 Å². The average Bonchev–Trinajstić information content (AvgIpc) is 0.670. The monoisotopic (exact) mass is 905 g/mol. The van der Waals surface area contributed by atoms with E-state index in [0.29, 0.717) is 0 Å². The number of rotatable bonds is 8. The van der Waals surface area contributed by atoms with Crippen LogP contribution in [0.2, 0.25) is 0 Å². The first-order valence-electron chi connectivity index (χ1n) is 38.1. The van der Waals surface area contributed by atoms with E-state index in [1.54, 1.807) is 0 Å². The molecule has 11 aromatic rings. The largest absolute Gasteiger partial charge is 0.208 e. The molecular weight excluding hydrogens is 829 g/mol. The van der Waals surface area contributed by atoms with Gasteiger partial charge in [-0.1, -0.05) is 218 Å². The van der Waals surface area contributed by atoms with E-state index in [1.165, 1.54) is 0 Å². The van der Waals surface area contributed by atoms with E-state index in [4.69, 9.17) is 30.2 Å². The number of hydrogen-bond acceptors (Lipinski definition) is 6. The van der Waals surface area contributed by atoms with Crippen molar-refractivity contribution in [3.8, 4) is 90.6 Å². The molecule has 318 valence electrons. The SMILES string of the molecule is [2H]c1cc(-c2c([2H])c([2H])c(-c3nc(-c4c([2H])c([2H])c([2H])c([2H])c4[2H])nc(-c4c([2H])c([2H])c([2H])c([2H])c4[2H])n3)c([2H])c2[2H])c([2H])c2c1C1c3c([2H])c(-c4c([2H])c([2H])c(-c5nc(-c6c([2H])c([2H])c([2H])c([2H])c6[2H])nc(-c6c([2H])c([2H])c([2H])c([2H])c6[2H])n5)c([2H])c4[2H])cc([2H])c3C2c2c([2H])c([2H])c([2H])c([2H])c21. The lowest BCUT2D eigenvalue weighted by molar-refractivity contribution is 0.755. The molecule has 2 unspecified atom stereocenters. The minimum absolute atomic E-state index is 0.231. The normalized spacial score (nSPS) is 21.6. The lowest BCUT2D eigenvalue weighted by atomic mass is 9.60. The van der Waals surface area contributed by atoms with Gasteiger partial charge in [0.25, 0.3) is 0 Å². The number of nitrogens with zero attached hydrogens (tertiary/aromatic N) is 6. The van der Waals surface area contributed by atoms with Crippen molar-refractivity contribution in [1.82, 2.24) is 29.9 Å². The van der Waals surface area contributed by atoms with E-state index >= 15 is 0 Å². The highest BCUT2D eigenvalue weighted by Crippen LogP contribution is 2.56. The Bertz CT molecular complexity index is 5160. The number of benzene rings is 9. The highest BCUT2D eigenvalue weighted by molar-refractivity contribution is 5.78. The maximum atomic E-state index is 10.1. The van der Waals surface area contributed by atoms with E-state index in [-0.39, 0.29) is 33.4 Å². The van der Waals surface area contributed by atoms with Crippen LogP contribution in [0.5, 0.6) is 0 Å². The Balaban J connectivity index is 1.01. The third-order valence-corrected chi connectivity index (χ3v) is 10.7. The van der Waals surface area contributed by atoms with Gasteiger partial charge in [0.15, 0.2) is 34.9 Å². The third kappa shape index (κ3) is 6.98. The zero-order valence-corrected chi connectivity index (χ0v) is 34.0. The quantitative estimate of drug-likeness (QED) is 0.151. The Hall–Kier alpha value is -9.00. The van der Waals surface area contributed by atoms with E-state index in [2.05, 4.69) is 29.9 Å². The van der Waals surface area contributed by atoms with Gasteiger partial charge in [0.05, 0.1) is 49.3 Å². The summed E-state index contributed by atoms with van der Waals surface area (Å²) >= 11 is 0. The van der Waals surface area contributed by atoms with Gasteiger partial charge in [-0.25, -0.2) is 29.9 Å². The van der Waals surface area contributed by atoms with Gasteiger partial charge in [0.2, 0.25) is 0 Å². The van der Waals surface area contributed by atoms with Crippen molar-refractivity contribution < 1.29 is 49.3 Å². The predicted octanol–water partition coefficient (Wildman–Crippen LogP) is 14.4. The number of hydrogen-bond donors (Lipinski definition) is 0. The first-order valence-corrected chi connectivity index (χ1v) is 20.1. The highest BCUT2D eigenvalue weighted by atomic mass is 15.0. The zero-order chi connectivity index (χ0) is 76.3. The molecule has 0 radical (unpaired) electrons. The molecule has 2 aromatic heterocycles. The summed E-state index contributed by atoms with van der Waals surface area (Å²) in [4.78, 5) is 25.4. The first-order chi connectivity index (χ1) is 48.6. The molecule has 3 aliphatic carbocycles. The second kappa shape index (κ2) is 16.5. The predicted molar refractivity (Wildman–Crippen MR) is 271 cm³/mol. The molecule has 0 saturated heterocycles. The van der Waals surface area contributed by atoms with Crippen molar-refractivity contribution in [3.63, 3.8) is 0 Å². The summed E-state index contributed by atoms with van der Waals surface area (Å²) < 4.78 is 322. The van der Waals surface area contributed by atoms with E-state index in [1.807, 2.05) is 0 Å². The second-order valence-corrected chi connectivity index (χ2v) is 14.6. The molecule has 14 rings (SSSR count). The smallest absolute Gasteiger partial charge is 0.164 e. The van der Waals surface area contributed by atoms with Crippen molar-refractivity contribution in [2.75, 3.05) is 0 Å². The summed E-state index contributed by atoms with van der Waals surface area (Å²) in [6.07, 6.45) is 0. The van der Waals surface area contributed by atoms with Crippen LogP contribution in [0.4, 0.5) is 0 Å². The summed E-state index contributed by atoms with van der Waals surface area (Å²) in [7, 11) is 0. The summed E-state index contributed by atoms with van der Waals surface area (Å²) in [5, 5.41) is 0. The Morgan fingerprint density at radius 2 is 0.456 bits per heavy atom. The van der Waals surface area contributed by atoms with Gasteiger partial charge in [-0.2, -0.15) is 0 Å². The lowest BCUT2D eigenvalue weighted by Gasteiger charge is -2.42. The summed E-state index contributed by atoms with van der Waals surface area (Å²) in [5.41, 5.74) is -8.38. The fraction of sp³-hybridized carbons (Fsp3) is 0.0323. The van der Waals surface area contributed by atoms with Gasteiger partial charge in [0.1, 0.15) is 0 Å². The van der Waals surface area contributed by atoms with E-state index in [9.17, 15) is 19.2 Å². The number of aromatic nitrogens is 6. The van der Waals surface area contributed by atoms with Crippen molar-refractivity contribution in [3.05, 3.63) is 263 Å². The van der Waals surface area contributed by atoms with Crippen LogP contribution >= 0.6 is 0 Å². The molecule has 2 heterocycles. The standard InChI is InChI=1S/C62H40N6/c1-5-15-41(16-6-1)57-63-58(42-17-7-2-8-18-42)66-61(65-57)45-29-25-39(26-30-45)47-33-35-51-53(37-47)55-49-23-13-14-24-50(49)56(51)54-38-48(34-36-52(54)55)40-27-31-46(32-28-40)62-67-59(43-19-9-3-10-20-43)64-60(68-62)44-21-11-4-12-22-44/h1-38,55-56H/i1D,2D,3D,4D,5D,6D,7D,8D,9D,10D,11D,12D,13D,14D,15D,16D,17D,18D,19D,20D,21D,22D,23D,24D,25D,26D,27D,28D,29D,30D,31D,32D,35D,36D,37D,38D. The zero-order valence-electron chi connectivity index (χ0n) is 70.0. The maximum Gasteiger partial charge on any atom is 0.164 e. The molecule has 9 aromatic carbocycles. The highest BCUT2D eigenvalue weighted by Gasteiger charge is 2.41. The molecule has 0 amide bonds. The van der Waals surface area contributed by atoms with Crippen LogP contribution in [-0.2, 0) is 0 Å². The van der Waals surface area contributed by atoms with Crippen LogP contribution in [0.15, 0.2) is 230 Å². The fourth-order valence-electron chi connectivity index (χ4n) is 7.80. The molecule has 2 bridgehead atoms. The molecule has 2 atom stereocenters. The Kier molecular flexibility index (Phi) is 4.20. The molecule has 6 nitrogen and oxygen atoms in total. The Morgan fingerprint density at radius 1 is 0.221 bits per heavy atom. The molecule has 0 spiro atoms. The molecule has 0 N–H and O–H groups in total. The third-order valence-electron chi connectivity index (χ3n) is 10.7. The molecule has 0 saturated carbocycles. The molecule has 0 fully saturated rings. The molecule has 68 heavy (non-hydrogen) atoms. The van der Waals surface area contributed by atoms with Crippen LogP contribution in [0.3, 0.4) is 0 Å². The van der Waals surface area contributed by atoms with Crippen LogP contribution in [0, 0.1) is 0 Å². The maximum absolute atomic E-state index is 10.1. The fourth-order valence-corrected chi connectivity index (χ4v) is 7.80. The molecule has 3 aliphatic rings. The minimum Gasteiger partial charge on any atom is -0.208 e. The van der Waals surface area contributed by atoms with Crippen molar-refractivity contribution in [1.29, 1.82) is 0 Å². The Morgan fingerprint density at radius 3 is 0.750 bits per heavy atom. The Labute approximate surface area is 445 Å². The summed E-state index contributed by atoms with van der Waals surface area (Å²) in [6.45, 7) is 0. The van der Waals surface area contributed by atoms with Crippen molar-refractivity contribution in [2.45, 2.75) is 11.8 Å². The van der Waals surface area contributed by atoms with Crippen LogP contribution in [0.1, 0.15) is 94.6 Å². The van der Waals surface area contributed by atoms with Crippen LogP contribution < -0.4 is 0 Å². The minimum atomic E-state index is -1.73. The van der Waals surface area contributed by atoms with Gasteiger partial charge in [-0.05, 0) is 67.7 Å². The van der Waals surface area contributed by atoms with Crippen LogP contribution in [-0.4, -0.2) is 29.9 Å². The van der Waals surface area contributed by atoms with Gasteiger partial charge in [0, 0.05) is 45.2 Å². The summed E-state index contributed by atoms with van der Waals surface area (Å²) in [5.74, 6) is -8.38. The van der Waals surface area contributed by atoms with E-state index in [0.717, 1.165) is 12.1 Å². The van der Waals surface area contributed by atoms with Gasteiger partial charge in [-0.3, -0.25) is 0 Å². The average molecular weight is 905 g/mol. The molecule has 6 heteroatoms. The van der Waals surface area contributed by atoms with Crippen molar-refractivity contribution >= 4 is 0 Å². The van der Waals surface area contributed by atoms with Crippen molar-refractivity contribution in [2.24, 2.45) is 0 Å². The van der Waals surface area contributed by atoms with Gasteiger partial charge < -0.3 is 0 Å².